The third-order valence-corrected chi connectivity index (χ3v) is 18.8. The maximum absolute atomic E-state index is 13.0. The van der Waals surface area contributed by atoms with Crippen molar-refractivity contribution in [2.24, 2.45) is 5.92 Å². The number of ether oxygens (including phenoxy) is 4. The van der Waals surface area contributed by atoms with Crippen LogP contribution in [0.15, 0.2) is 0 Å². The summed E-state index contributed by atoms with van der Waals surface area (Å²) in [5, 5.41) is 10.6. The highest BCUT2D eigenvalue weighted by Crippen LogP contribution is 2.45. The van der Waals surface area contributed by atoms with Gasteiger partial charge in [-0.25, -0.2) is 9.13 Å². The Bertz CT molecular complexity index is 1740. The van der Waals surface area contributed by atoms with Crippen LogP contribution in [-0.4, -0.2) is 96.7 Å². The highest BCUT2D eigenvalue weighted by Gasteiger charge is 2.30. The number of aliphatic hydroxyl groups excluding tert-OH is 1. The molecule has 19 heteroatoms. The molecule has 3 unspecified atom stereocenters. The molecule has 0 aliphatic heterocycles. The smallest absolute Gasteiger partial charge is 0.462 e. The first kappa shape index (κ1) is 88.1. The molecule has 534 valence electrons. The van der Waals surface area contributed by atoms with Crippen LogP contribution in [0.3, 0.4) is 0 Å². The molecule has 0 aromatic rings. The number of carbonyl (C=O) groups is 4. The summed E-state index contributed by atoms with van der Waals surface area (Å²) < 4.78 is 68.2. The summed E-state index contributed by atoms with van der Waals surface area (Å²) in [4.78, 5) is 72.5. The van der Waals surface area contributed by atoms with Crippen molar-refractivity contribution in [1.29, 1.82) is 0 Å². The van der Waals surface area contributed by atoms with E-state index in [0.717, 1.165) is 102 Å². The van der Waals surface area contributed by atoms with E-state index in [1.807, 2.05) is 0 Å². The molecule has 0 fully saturated rings. The lowest BCUT2D eigenvalue weighted by Crippen LogP contribution is -2.30. The zero-order chi connectivity index (χ0) is 66.3. The minimum absolute atomic E-state index is 0.103. The van der Waals surface area contributed by atoms with E-state index in [1.54, 1.807) is 0 Å². The van der Waals surface area contributed by atoms with Gasteiger partial charge in [-0.05, 0) is 31.6 Å². The molecule has 3 N–H and O–H groups in total. The van der Waals surface area contributed by atoms with Gasteiger partial charge in [0.2, 0.25) is 0 Å². The average Bonchev–Trinajstić information content (AvgIpc) is 3.01. The van der Waals surface area contributed by atoms with Gasteiger partial charge in [-0.15, -0.1) is 0 Å². The summed E-state index contributed by atoms with van der Waals surface area (Å²) in [6.07, 6.45) is 51.4. The van der Waals surface area contributed by atoms with Gasteiger partial charge >= 0.3 is 39.5 Å². The first-order valence-corrected chi connectivity index (χ1v) is 40.2. The van der Waals surface area contributed by atoms with Crippen molar-refractivity contribution in [2.75, 3.05) is 39.6 Å². The Morgan fingerprint density at radius 2 is 0.533 bits per heavy atom. The molecule has 0 amide bonds. The predicted octanol–water partition coefficient (Wildman–Crippen LogP) is 20.5. The molecule has 17 nitrogen and oxygen atoms in total. The van der Waals surface area contributed by atoms with Gasteiger partial charge in [-0.1, -0.05) is 317 Å². The molecule has 0 aliphatic carbocycles. The first-order chi connectivity index (χ1) is 43.6. The van der Waals surface area contributed by atoms with E-state index in [1.165, 1.54) is 186 Å². The molecule has 0 heterocycles. The normalized spacial score (nSPS) is 14.4. The summed E-state index contributed by atoms with van der Waals surface area (Å²) in [7, 11) is -9.90. The average molecular weight is 1330 g/mol. The van der Waals surface area contributed by atoms with Crippen LogP contribution >= 0.6 is 15.6 Å². The lowest BCUT2D eigenvalue weighted by molar-refractivity contribution is -0.161. The molecule has 0 rings (SSSR count). The predicted molar refractivity (Wildman–Crippen MR) is 363 cm³/mol. The Hall–Kier alpha value is -1.94. The summed E-state index contributed by atoms with van der Waals surface area (Å²) in [5.41, 5.74) is 0. The van der Waals surface area contributed by atoms with Gasteiger partial charge < -0.3 is 33.8 Å². The minimum Gasteiger partial charge on any atom is -0.462 e. The molecule has 90 heavy (non-hydrogen) atoms. The zero-order valence-electron chi connectivity index (χ0n) is 58.3. The zero-order valence-corrected chi connectivity index (χ0v) is 60.1. The van der Waals surface area contributed by atoms with Gasteiger partial charge in [0, 0.05) is 25.7 Å². The number of hydrogen-bond acceptors (Lipinski definition) is 15. The second-order valence-corrected chi connectivity index (χ2v) is 28.8. The molecule has 0 radical (unpaired) electrons. The van der Waals surface area contributed by atoms with Crippen molar-refractivity contribution in [3.05, 3.63) is 0 Å². The molecule has 0 spiro atoms. The molecule has 0 saturated carbocycles. The van der Waals surface area contributed by atoms with Crippen molar-refractivity contribution in [3.8, 4) is 0 Å². The quantitative estimate of drug-likeness (QED) is 0.0222. The van der Waals surface area contributed by atoms with Crippen molar-refractivity contribution in [2.45, 2.75) is 387 Å². The van der Waals surface area contributed by atoms with Gasteiger partial charge in [-0.3, -0.25) is 37.3 Å². The van der Waals surface area contributed by atoms with Crippen LogP contribution in [0.4, 0.5) is 0 Å². The molecule has 0 saturated heterocycles. The van der Waals surface area contributed by atoms with Crippen molar-refractivity contribution in [3.63, 3.8) is 0 Å². The van der Waals surface area contributed by atoms with Crippen LogP contribution in [0.1, 0.15) is 369 Å². The van der Waals surface area contributed by atoms with E-state index >= 15 is 0 Å². The number of phosphoric acid groups is 2. The number of esters is 4. The largest absolute Gasteiger partial charge is 0.472 e. The maximum Gasteiger partial charge on any atom is 0.472 e. The van der Waals surface area contributed by atoms with Gasteiger partial charge in [0.15, 0.2) is 12.2 Å². The Morgan fingerprint density at radius 1 is 0.311 bits per heavy atom. The molecular formula is C71H138O17P2. The number of rotatable bonds is 71. The summed E-state index contributed by atoms with van der Waals surface area (Å²) in [6, 6.07) is 0. The molecule has 0 aromatic carbocycles. The summed E-state index contributed by atoms with van der Waals surface area (Å²) in [6.45, 7) is 7.18. The highest BCUT2D eigenvalue weighted by atomic mass is 31.2. The molecule has 0 aromatic heterocycles. The van der Waals surface area contributed by atoms with Gasteiger partial charge in [0.05, 0.1) is 26.4 Å². The monoisotopic (exact) mass is 1320 g/mol. The van der Waals surface area contributed by atoms with Crippen LogP contribution in [0.5, 0.6) is 0 Å². The lowest BCUT2D eigenvalue weighted by atomic mass is 10.00. The summed E-state index contributed by atoms with van der Waals surface area (Å²) >= 11 is 0. The van der Waals surface area contributed by atoms with Crippen LogP contribution in [0, 0.1) is 5.92 Å². The van der Waals surface area contributed by atoms with Crippen molar-refractivity contribution in [1.82, 2.24) is 0 Å². The van der Waals surface area contributed by atoms with Gasteiger partial charge in [-0.2, -0.15) is 0 Å². The fraction of sp³-hybridized carbons (Fsp3) is 0.944. The van der Waals surface area contributed by atoms with E-state index in [9.17, 15) is 43.2 Å². The standard InChI is InChI=1S/C71H138O17P2/c1-6-10-13-16-19-22-24-26-28-30-32-34-36-39-45-50-55-69(74)82-60-66(87-70(75)56-51-46-40-37-35-33-31-29-27-25-23-20-17-14-11-7-2)62-85-89(77,78)83-58-65(72)59-84-90(79,80)86-63-67(61-81-68(73)54-49-44-38-21-18-15-12-8-3)88-71(76)57-52-47-42-41-43-48-53-64(5)9-4/h64-67,72H,6-63H2,1-5H3,(H,77,78)(H,79,80)/t64?,65-,66-,67-/m1/s1. The SMILES string of the molecule is CCCCCCCCCCCCCCCCCCC(=O)OC[C@H](COP(=O)(O)OC[C@@H](O)COP(=O)(O)OC[C@@H](COC(=O)CCCCCCCCCC)OC(=O)CCCCCCCCC(C)CC)OC(=O)CCCCCCCCCCCCCCCCCC. The summed E-state index contributed by atoms with van der Waals surface area (Å²) in [5.74, 6) is -1.40. The highest BCUT2D eigenvalue weighted by molar-refractivity contribution is 7.47. The third kappa shape index (κ3) is 63.5. The van der Waals surface area contributed by atoms with Crippen LogP contribution in [0.25, 0.3) is 0 Å². The lowest BCUT2D eigenvalue weighted by Gasteiger charge is -2.21. The minimum atomic E-state index is -4.95. The number of hydrogen-bond donors (Lipinski definition) is 3. The Balaban J connectivity index is 5.21. The number of carbonyl (C=O) groups excluding carboxylic acids is 4. The second kappa shape index (κ2) is 64.4. The third-order valence-electron chi connectivity index (χ3n) is 16.9. The van der Waals surface area contributed by atoms with Gasteiger partial charge in [0.1, 0.15) is 19.3 Å². The van der Waals surface area contributed by atoms with E-state index in [-0.39, 0.29) is 25.7 Å². The number of aliphatic hydroxyl groups is 1. The van der Waals surface area contributed by atoms with E-state index in [2.05, 4.69) is 34.6 Å². The van der Waals surface area contributed by atoms with Crippen LogP contribution < -0.4 is 0 Å². The van der Waals surface area contributed by atoms with Crippen LogP contribution in [-0.2, 0) is 65.4 Å². The van der Waals surface area contributed by atoms with Gasteiger partial charge in [0.25, 0.3) is 0 Å². The first-order valence-electron chi connectivity index (χ1n) is 37.2. The van der Waals surface area contributed by atoms with E-state index in [0.29, 0.717) is 25.7 Å². The Morgan fingerprint density at radius 3 is 0.789 bits per heavy atom. The fourth-order valence-corrected chi connectivity index (χ4v) is 12.4. The van der Waals surface area contributed by atoms with E-state index < -0.39 is 97.5 Å². The molecule has 0 bridgehead atoms. The number of unbranched alkanes of at least 4 members (excludes halogenated alkanes) is 42. The Labute approximate surface area is 549 Å². The van der Waals surface area contributed by atoms with E-state index in [4.69, 9.17) is 37.0 Å². The Kier molecular flexibility index (Phi) is 63.0. The van der Waals surface area contributed by atoms with Crippen molar-refractivity contribution < 1.29 is 80.2 Å². The maximum atomic E-state index is 13.0. The van der Waals surface area contributed by atoms with Crippen molar-refractivity contribution >= 4 is 39.5 Å². The topological polar surface area (TPSA) is 237 Å². The molecule has 6 atom stereocenters. The molecule has 0 aliphatic rings. The van der Waals surface area contributed by atoms with Crippen LogP contribution in [0.2, 0.25) is 0 Å². The number of phosphoric ester groups is 2. The fourth-order valence-electron chi connectivity index (χ4n) is 10.8. The molecular weight excluding hydrogens is 1190 g/mol. The second-order valence-electron chi connectivity index (χ2n) is 25.9.